The topological polar surface area (TPSA) is 98.6 Å². The number of carbonyl (C=O) groups is 3. The molecule has 0 unspecified atom stereocenters. The summed E-state index contributed by atoms with van der Waals surface area (Å²) < 4.78 is 7.76. The quantitative estimate of drug-likeness (QED) is 0.187. The number of fused-ring (bicyclic) bond motifs is 2. The van der Waals surface area contributed by atoms with Crippen molar-refractivity contribution in [2.24, 2.45) is 7.05 Å². The summed E-state index contributed by atoms with van der Waals surface area (Å²) in [7, 11) is 7.55. The van der Waals surface area contributed by atoms with Gasteiger partial charge in [-0.1, -0.05) is 36.1 Å². The molecule has 0 radical (unpaired) electrons. The molecule has 3 amide bonds. The molecule has 0 saturated heterocycles. The highest BCUT2D eigenvalue weighted by molar-refractivity contribution is 6.08. The predicted octanol–water partition coefficient (Wildman–Crippen LogP) is 7.04. The molecule has 10 nitrogen and oxygen atoms in total. The first-order chi connectivity index (χ1) is 26.9. The van der Waals surface area contributed by atoms with Crippen LogP contribution in [0.15, 0.2) is 91.0 Å². The molecule has 4 aromatic carbocycles. The predicted molar refractivity (Wildman–Crippen MR) is 218 cm³/mol. The van der Waals surface area contributed by atoms with Crippen LogP contribution in [-0.4, -0.2) is 82.6 Å². The fraction of sp³-hybridized carbons (Fsp3) is 0.283. The van der Waals surface area contributed by atoms with E-state index in [2.05, 4.69) is 37.0 Å². The van der Waals surface area contributed by atoms with Gasteiger partial charge >= 0.3 is 6.09 Å². The Bertz CT molecular complexity index is 2370. The zero-order valence-electron chi connectivity index (χ0n) is 32.8. The second-order valence-electron chi connectivity index (χ2n) is 15.0. The van der Waals surface area contributed by atoms with Gasteiger partial charge in [0.25, 0.3) is 11.8 Å². The molecule has 0 bridgehead atoms. The minimum Gasteiger partial charge on any atom is -0.508 e. The monoisotopic (exact) mass is 749 g/mol. The van der Waals surface area contributed by atoms with Crippen molar-refractivity contribution in [1.29, 1.82) is 0 Å². The summed E-state index contributed by atoms with van der Waals surface area (Å²) >= 11 is 0. The number of aromatic hydroxyl groups is 1. The number of aromatic nitrogens is 1. The van der Waals surface area contributed by atoms with Gasteiger partial charge in [0.05, 0.1) is 12.1 Å². The largest absolute Gasteiger partial charge is 0.508 e. The number of carbonyl (C=O) groups excluding carboxylic acids is 3. The van der Waals surface area contributed by atoms with E-state index in [0.717, 1.165) is 45.6 Å². The number of amides is 3. The highest BCUT2D eigenvalue weighted by Gasteiger charge is 2.32. The molecule has 5 aromatic rings. The van der Waals surface area contributed by atoms with Gasteiger partial charge in [-0.05, 0) is 130 Å². The number of anilines is 1. The summed E-state index contributed by atoms with van der Waals surface area (Å²) in [5.41, 5.74) is 9.04. The lowest BCUT2D eigenvalue weighted by Gasteiger charge is -2.36. The average Bonchev–Trinajstić information content (AvgIpc) is 3.49. The highest BCUT2D eigenvalue weighted by atomic mass is 16.6. The second kappa shape index (κ2) is 15.8. The van der Waals surface area contributed by atoms with Gasteiger partial charge < -0.3 is 29.1 Å². The van der Waals surface area contributed by atoms with Crippen LogP contribution in [0, 0.1) is 18.8 Å². The summed E-state index contributed by atoms with van der Waals surface area (Å²) in [6.07, 6.45) is 0.856. The maximum atomic E-state index is 14.8. The number of phenolic OH excluding ortho intramolecular Hbond substituents is 1. The van der Waals surface area contributed by atoms with Crippen molar-refractivity contribution in [3.05, 3.63) is 136 Å². The van der Waals surface area contributed by atoms with Crippen molar-refractivity contribution in [2.75, 3.05) is 39.1 Å². The Balaban J connectivity index is 1.21. The molecule has 0 saturated carbocycles. The number of rotatable bonds is 6. The van der Waals surface area contributed by atoms with Crippen LogP contribution in [-0.2, 0) is 33.0 Å². The number of nitrogens with zero attached hydrogens (tertiary/aromatic N) is 5. The zero-order valence-corrected chi connectivity index (χ0v) is 32.8. The van der Waals surface area contributed by atoms with Gasteiger partial charge in [-0.3, -0.25) is 14.5 Å². The minimum absolute atomic E-state index is 0.0376. The van der Waals surface area contributed by atoms with E-state index >= 15 is 0 Å². The first-order valence-electron chi connectivity index (χ1n) is 18.9. The van der Waals surface area contributed by atoms with Crippen molar-refractivity contribution >= 4 is 23.6 Å². The number of benzene rings is 4. The van der Waals surface area contributed by atoms with E-state index in [1.54, 1.807) is 53.2 Å². The maximum Gasteiger partial charge on any atom is 0.415 e. The Kier molecular flexibility index (Phi) is 10.7. The summed E-state index contributed by atoms with van der Waals surface area (Å²) in [6, 6.07) is 27.8. The van der Waals surface area contributed by atoms with Crippen LogP contribution in [0.25, 0.3) is 11.3 Å². The van der Waals surface area contributed by atoms with Gasteiger partial charge in [0.1, 0.15) is 11.5 Å². The zero-order chi connectivity index (χ0) is 39.7. The van der Waals surface area contributed by atoms with E-state index in [1.165, 1.54) is 5.56 Å². The molecule has 7 rings (SSSR count). The molecule has 286 valence electrons. The number of hydrogen-bond donors (Lipinski definition) is 1. The highest BCUT2D eigenvalue weighted by Crippen LogP contribution is 2.36. The summed E-state index contributed by atoms with van der Waals surface area (Å²) in [4.78, 5) is 49.4. The molecular weight excluding hydrogens is 703 g/mol. The van der Waals surface area contributed by atoms with Crippen LogP contribution in [0.2, 0.25) is 0 Å². The van der Waals surface area contributed by atoms with Gasteiger partial charge in [-0.2, -0.15) is 0 Å². The van der Waals surface area contributed by atoms with Crippen LogP contribution in [0.4, 0.5) is 10.5 Å². The third-order valence-electron chi connectivity index (χ3n) is 10.9. The van der Waals surface area contributed by atoms with Gasteiger partial charge in [0, 0.05) is 73.5 Å². The molecule has 0 aliphatic carbocycles. The Morgan fingerprint density at radius 3 is 2.29 bits per heavy atom. The Morgan fingerprint density at radius 2 is 1.57 bits per heavy atom. The van der Waals surface area contributed by atoms with Gasteiger partial charge in [0.2, 0.25) is 0 Å². The SMILES string of the molecule is Cc1c(C(=O)N(C)c2ccc(O)cc2)cc(-c2cc3c(cc2C(=O)N2Cc4ccccc4C[C@H]2C)CN(C(=O)Oc2ccc(C#CCN(C)C)cc2)CC3)n1C. The average molecular weight is 750 g/mol. The Morgan fingerprint density at radius 1 is 0.857 bits per heavy atom. The maximum absolute atomic E-state index is 14.8. The second-order valence-corrected chi connectivity index (χ2v) is 15.0. The Hall–Kier alpha value is -6.31. The lowest BCUT2D eigenvalue weighted by molar-refractivity contribution is 0.0658. The van der Waals surface area contributed by atoms with Gasteiger partial charge in [-0.25, -0.2) is 4.79 Å². The van der Waals surface area contributed by atoms with Gasteiger partial charge in [-0.15, -0.1) is 0 Å². The molecule has 2 aliphatic heterocycles. The van der Waals surface area contributed by atoms with Crippen LogP contribution >= 0.6 is 0 Å². The number of hydrogen-bond acceptors (Lipinski definition) is 6. The summed E-state index contributed by atoms with van der Waals surface area (Å²) in [5, 5.41) is 9.79. The fourth-order valence-electron chi connectivity index (χ4n) is 7.48. The number of ether oxygens (including phenoxy) is 1. The van der Waals surface area contributed by atoms with E-state index in [-0.39, 0.29) is 30.2 Å². The lowest BCUT2D eigenvalue weighted by Crippen LogP contribution is -2.43. The van der Waals surface area contributed by atoms with Crippen molar-refractivity contribution < 1.29 is 24.2 Å². The van der Waals surface area contributed by atoms with Crippen molar-refractivity contribution in [3.8, 4) is 34.6 Å². The molecule has 10 heteroatoms. The molecular formula is C46H47N5O5. The van der Waals surface area contributed by atoms with E-state index < -0.39 is 6.09 Å². The van der Waals surface area contributed by atoms with E-state index in [1.807, 2.05) is 78.8 Å². The molecule has 1 N–H and O–H groups in total. The van der Waals surface area contributed by atoms with E-state index in [0.29, 0.717) is 48.6 Å². The third-order valence-corrected chi connectivity index (χ3v) is 10.9. The van der Waals surface area contributed by atoms with Crippen molar-refractivity contribution in [1.82, 2.24) is 19.3 Å². The van der Waals surface area contributed by atoms with Crippen LogP contribution < -0.4 is 9.64 Å². The minimum atomic E-state index is -0.459. The molecule has 3 heterocycles. The molecule has 1 atom stereocenters. The molecule has 0 spiro atoms. The molecule has 1 aromatic heterocycles. The molecule has 0 fully saturated rings. The lowest BCUT2D eigenvalue weighted by atomic mass is 9.90. The smallest absolute Gasteiger partial charge is 0.415 e. The van der Waals surface area contributed by atoms with Crippen molar-refractivity contribution in [3.63, 3.8) is 0 Å². The van der Waals surface area contributed by atoms with E-state index in [4.69, 9.17) is 4.74 Å². The van der Waals surface area contributed by atoms with Crippen LogP contribution in [0.5, 0.6) is 11.5 Å². The van der Waals surface area contributed by atoms with Crippen LogP contribution in [0.1, 0.15) is 61.2 Å². The number of phenols is 1. The van der Waals surface area contributed by atoms with Crippen molar-refractivity contribution in [2.45, 2.75) is 45.8 Å². The first kappa shape index (κ1) is 38.0. The van der Waals surface area contributed by atoms with E-state index in [9.17, 15) is 19.5 Å². The first-order valence-corrected chi connectivity index (χ1v) is 18.9. The Labute approximate surface area is 328 Å². The standard InChI is InChI=1S/C46H47N5O5/c1-30-24-33-11-7-8-12-35(33)29-51(30)45(54)42-26-36-28-50(46(55)56-39-19-13-32(14-20-39)10-9-22-47(3)4)23-21-34(36)25-41(42)43-27-40(31(2)48(43)5)44(53)49(6)37-15-17-38(52)18-16-37/h7-8,11-20,25-27,30,52H,21-24,28-29H2,1-6H3/t30-/m1/s1. The molecule has 56 heavy (non-hydrogen) atoms. The van der Waals surface area contributed by atoms with Gasteiger partial charge in [0.15, 0.2) is 0 Å². The van der Waals surface area contributed by atoms with Crippen LogP contribution in [0.3, 0.4) is 0 Å². The summed E-state index contributed by atoms with van der Waals surface area (Å²) in [5.74, 6) is 6.47. The molecule has 2 aliphatic rings. The normalized spacial score (nSPS) is 14.7. The fourth-order valence-corrected chi connectivity index (χ4v) is 7.48. The third kappa shape index (κ3) is 7.77. The summed E-state index contributed by atoms with van der Waals surface area (Å²) in [6.45, 7) is 5.85.